The van der Waals surface area contributed by atoms with Gasteiger partial charge >= 0.3 is 0 Å². The molecule has 1 aliphatic heterocycles. The maximum absolute atomic E-state index is 12.4. The largest absolute Gasteiger partial charge is 0.491 e. The van der Waals surface area contributed by atoms with Crippen LogP contribution < -0.4 is 4.74 Å². The van der Waals surface area contributed by atoms with Gasteiger partial charge in [0.25, 0.3) is 0 Å². The molecule has 1 amide bonds. The van der Waals surface area contributed by atoms with E-state index in [4.69, 9.17) is 9.47 Å². The van der Waals surface area contributed by atoms with Crippen LogP contribution in [0.25, 0.3) is 0 Å². The molecule has 2 aromatic rings. The van der Waals surface area contributed by atoms with Gasteiger partial charge in [-0.05, 0) is 31.0 Å². The van der Waals surface area contributed by atoms with Gasteiger partial charge in [-0.2, -0.15) is 0 Å². The van der Waals surface area contributed by atoms with Gasteiger partial charge in [0.15, 0.2) is 0 Å². The summed E-state index contributed by atoms with van der Waals surface area (Å²) in [4.78, 5) is 21.2. The average molecular weight is 329 g/mol. The zero-order valence-electron chi connectivity index (χ0n) is 14.1. The van der Waals surface area contributed by atoms with Gasteiger partial charge in [0.2, 0.25) is 5.91 Å². The van der Waals surface area contributed by atoms with Crippen LogP contribution in [0.5, 0.6) is 5.75 Å². The zero-order valence-corrected chi connectivity index (χ0v) is 14.1. The van der Waals surface area contributed by atoms with Gasteiger partial charge in [-0.1, -0.05) is 12.1 Å². The molecule has 6 nitrogen and oxygen atoms in total. The fourth-order valence-corrected chi connectivity index (χ4v) is 2.98. The molecule has 0 spiro atoms. The fraction of sp³-hybridized carbons (Fsp3) is 0.444. The number of carbonyl (C=O) groups excluding carboxylic acids is 1. The molecule has 3 rings (SSSR count). The minimum atomic E-state index is -0.451. The van der Waals surface area contributed by atoms with Crippen LogP contribution in [0, 0.1) is 6.92 Å². The Morgan fingerprint density at radius 1 is 1.46 bits per heavy atom. The fourth-order valence-electron chi connectivity index (χ4n) is 2.98. The number of benzene rings is 1. The first-order valence-electron chi connectivity index (χ1n) is 8.10. The van der Waals surface area contributed by atoms with E-state index < -0.39 is 5.60 Å². The van der Waals surface area contributed by atoms with Crippen molar-refractivity contribution >= 4 is 5.91 Å². The third-order valence-corrected chi connectivity index (χ3v) is 4.49. The van der Waals surface area contributed by atoms with Crippen LogP contribution in [-0.2, 0) is 16.0 Å². The molecule has 2 heterocycles. The summed E-state index contributed by atoms with van der Waals surface area (Å²) in [5.74, 6) is 0.905. The predicted molar refractivity (Wildman–Crippen MR) is 89.9 cm³/mol. The van der Waals surface area contributed by atoms with E-state index >= 15 is 0 Å². The highest BCUT2D eigenvalue weighted by atomic mass is 16.5. The van der Waals surface area contributed by atoms with E-state index in [1.54, 1.807) is 19.6 Å². The molecule has 0 saturated carbocycles. The van der Waals surface area contributed by atoms with E-state index in [1.807, 2.05) is 36.1 Å². The first-order chi connectivity index (χ1) is 11.6. The molecule has 24 heavy (non-hydrogen) atoms. The number of H-pyrrole nitrogens is 1. The van der Waals surface area contributed by atoms with E-state index in [-0.39, 0.29) is 5.91 Å². The minimum absolute atomic E-state index is 0.0775. The van der Waals surface area contributed by atoms with Crippen molar-refractivity contribution in [3.05, 3.63) is 48.0 Å². The van der Waals surface area contributed by atoms with Crippen molar-refractivity contribution in [2.75, 3.05) is 26.8 Å². The van der Waals surface area contributed by atoms with Crippen molar-refractivity contribution in [2.45, 2.75) is 25.4 Å². The molecule has 1 aromatic heterocycles. The Bertz CT molecular complexity index is 687. The lowest BCUT2D eigenvalue weighted by Gasteiger charge is -2.28. The Labute approximate surface area is 141 Å². The van der Waals surface area contributed by atoms with Crippen molar-refractivity contribution in [2.24, 2.45) is 0 Å². The highest BCUT2D eigenvalue weighted by Gasteiger charge is 2.41. The number of aryl methyl sites for hydroxylation is 1. The van der Waals surface area contributed by atoms with Gasteiger partial charge < -0.3 is 19.4 Å². The number of hydrogen-bond donors (Lipinski definition) is 1. The van der Waals surface area contributed by atoms with Crippen LogP contribution in [0.3, 0.4) is 0 Å². The Morgan fingerprint density at radius 3 is 3.04 bits per heavy atom. The Morgan fingerprint density at radius 2 is 2.33 bits per heavy atom. The molecule has 1 aliphatic rings. The number of ether oxygens (including phenoxy) is 2. The molecule has 0 bridgehead atoms. The molecule has 1 fully saturated rings. The topological polar surface area (TPSA) is 67.5 Å². The van der Waals surface area contributed by atoms with E-state index in [9.17, 15) is 4.79 Å². The summed E-state index contributed by atoms with van der Waals surface area (Å²) in [6.07, 6.45) is 4.36. The quantitative estimate of drug-likeness (QED) is 0.880. The number of likely N-dealkylation sites (tertiary alicyclic amines) is 1. The van der Waals surface area contributed by atoms with E-state index in [1.165, 1.54) is 0 Å². The number of aromatic amines is 1. The molecule has 1 N–H and O–H groups in total. The smallest absolute Gasteiger partial charge is 0.228 e. The zero-order chi connectivity index (χ0) is 17.0. The molecule has 128 valence electrons. The predicted octanol–water partition coefficient (Wildman–Crippen LogP) is 1.96. The van der Waals surface area contributed by atoms with Crippen molar-refractivity contribution < 1.29 is 14.3 Å². The number of rotatable bonds is 6. The second-order valence-electron chi connectivity index (χ2n) is 6.31. The minimum Gasteiger partial charge on any atom is -0.491 e. The summed E-state index contributed by atoms with van der Waals surface area (Å²) in [6.45, 7) is 3.69. The number of imidazole rings is 1. The van der Waals surface area contributed by atoms with Crippen LogP contribution in [0.2, 0.25) is 0 Å². The van der Waals surface area contributed by atoms with Crippen molar-refractivity contribution in [1.29, 1.82) is 0 Å². The van der Waals surface area contributed by atoms with Crippen LogP contribution in [0.1, 0.15) is 17.7 Å². The average Bonchev–Trinajstić information content (AvgIpc) is 3.23. The van der Waals surface area contributed by atoms with Gasteiger partial charge in [0, 0.05) is 25.5 Å². The van der Waals surface area contributed by atoms with Gasteiger partial charge in [-0.15, -0.1) is 0 Å². The van der Waals surface area contributed by atoms with E-state index in [0.717, 1.165) is 23.4 Å². The molecule has 1 saturated heterocycles. The second kappa shape index (κ2) is 7.05. The highest BCUT2D eigenvalue weighted by molar-refractivity contribution is 5.78. The third-order valence-electron chi connectivity index (χ3n) is 4.49. The van der Waals surface area contributed by atoms with E-state index in [2.05, 4.69) is 9.97 Å². The number of aromatic nitrogens is 2. The lowest BCUT2D eigenvalue weighted by molar-refractivity contribution is -0.131. The Balaban J connectivity index is 1.59. The SMILES string of the molecule is COC1(COc2cccc(C)c2)CCN(C(=O)Cc2cnc[nH]2)C1. The number of hydrogen-bond acceptors (Lipinski definition) is 4. The van der Waals surface area contributed by atoms with Crippen LogP contribution in [0.15, 0.2) is 36.8 Å². The van der Waals surface area contributed by atoms with Crippen LogP contribution >= 0.6 is 0 Å². The van der Waals surface area contributed by atoms with Gasteiger partial charge in [0.1, 0.15) is 18.0 Å². The Hall–Kier alpha value is -2.34. The lowest BCUT2D eigenvalue weighted by Crippen LogP contribution is -2.42. The number of nitrogens with zero attached hydrogens (tertiary/aromatic N) is 2. The first-order valence-corrected chi connectivity index (χ1v) is 8.10. The maximum atomic E-state index is 12.4. The summed E-state index contributed by atoms with van der Waals surface area (Å²) in [5.41, 5.74) is 1.53. The van der Waals surface area contributed by atoms with Gasteiger partial charge in [-0.25, -0.2) is 4.98 Å². The van der Waals surface area contributed by atoms with Crippen LogP contribution in [0.4, 0.5) is 0 Å². The monoisotopic (exact) mass is 329 g/mol. The molecule has 1 unspecified atom stereocenters. The number of methoxy groups -OCH3 is 1. The first kappa shape index (κ1) is 16.5. The number of nitrogens with one attached hydrogen (secondary N) is 1. The third kappa shape index (κ3) is 3.76. The number of amides is 1. The maximum Gasteiger partial charge on any atom is 0.228 e. The summed E-state index contributed by atoms with van der Waals surface area (Å²) in [5, 5.41) is 0. The summed E-state index contributed by atoms with van der Waals surface area (Å²) in [6, 6.07) is 7.94. The number of carbonyl (C=O) groups is 1. The normalized spacial score (nSPS) is 20.3. The summed E-state index contributed by atoms with van der Waals surface area (Å²) in [7, 11) is 1.68. The molecule has 1 aromatic carbocycles. The van der Waals surface area contributed by atoms with Crippen molar-refractivity contribution in [1.82, 2.24) is 14.9 Å². The lowest BCUT2D eigenvalue weighted by atomic mass is 10.0. The molecule has 6 heteroatoms. The van der Waals surface area contributed by atoms with Crippen LogP contribution in [-0.4, -0.2) is 53.2 Å². The van der Waals surface area contributed by atoms with Gasteiger partial charge in [0.05, 0.1) is 19.3 Å². The molecular weight excluding hydrogens is 306 g/mol. The summed E-state index contributed by atoms with van der Waals surface area (Å²) < 4.78 is 11.6. The van der Waals surface area contributed by atoms with Crippen molar-refractivity contribution in [3.63, 3.8) is 0 Å². The van der Waals surface area contributed by atoms with E-state index in [0.29, 0.717) is 26.1 Å². The highest BCUT2D eigenvalue weighted by Crippen LogP contribution is 2.27. The summed E-state index contributed by atoms with van der Waals surface area (Å²) >= 11 is 0. The molecule has 0 radical (unpaired) electrons. The molecular formula is C18H23N3O3. The molecule has 1 atom stereocenters. The Kier molecular flexibility index (Phi) is 4.85. The van der Waals surface area contributed by atoms with Gasteiger partial charge in [-0.3, -0.25) is 4.79 Å². The van der Waals surface area contributed by atoms with Crippen molar-refractivity contribution in [3.8, 4) is 5.75 Å². The molecule has 0 aliphatic carbocycles. The second-order valence-corrected chi connectivity index (χ2v) is 6.31. The standard InChI is InChI=1S/C18H23N3O3/c1-14-4-3-5-16(8-14)24-12-18(23-2)6-7-21(11-18)17(22)9-15-10-19-13-20-15/h3-5,8,10,13H,6-7,9,11-12H2,1-2H3,(H,19,20).